The molecular formula is C10H8BrFN2O2. The molecule has 1 heterocycles. The number of halogens is 2. The first kappa shape index (κ1) is 11.1. The summed E-state index contributed by atoms with van der Waals surface area (Å²) in [6, 6.07) is 3.49. The van der Waals surface area contributed by atoms with Gasteiger partial charge in [0.2, 0.25) is 0 Å². The van der Waals surface area contributed by atoms with E-state index in [-0.39, 0.29) is 10.0 Å². The van der Waals surface area contributed by atoms with Crippen molar-refractivity contribution >= 4 is 27.9 Å². The van der Waals surface area contributed by atoms with E-state index in [0.717, 1.165) is 4.90 Å². The van der Waals surface area contributed by atoms with Crippen LogP contribution in [0.2, 0.25) is 0 Å². The number of imide groups is 1. The van der Waals surface area contributed by atoms with Gasteiger partial charge in [0.15, 0.2) is 0 Å². The molecule has 1 fully saturated rings. The van der Waals surface area contributed by atoms with E-state index < -0.39 is 17.8 Å². The molecule has 1 aliphatic heterocycles. The Balaban J connectivity index is 2.27. The van der Waals surface area contributed by atoms with Gasteiger partial charge in [0.25, 0.3) is 5.91 Å². The third-order valence-corrected chi connectivity index (χ3v) is 2.88. The van der Waals surface area contributed by atoms with Gasteiger partial charge in [0, 0.05) is 18.7 Å². The van der Waals surface area contributed by atoms with Gasteiger partial charge in [-0.3, -0.25) is 9.69 Å². The molecule has 0 aromatic heterocycles. The lowest BCUT2D eigenvalue weighted by atomic mass is 10.2. The molecule has 0 saturated carbocycles. The molecule has 3 amide bonds. The van der Waals surface area contributed by atoms with Gasteiger partial charge in [0.1, 0.15) is 5.82 Å². The normalized spacial score (nSPS) is 15.1. The van der Waals surface area contributed by atoms with Crippen molar-refractivity contribution in [3.63, 3.8) is 0 Å². The predicted molar refractivity (Wildman–Crippen MR) is 58.5 cm³/mol. The Labute approximate surface area is 99.6 Å². The fraction of sp³-hybridized carbons (Fsp3) is 0.200. The van der Waals surface area contributed by atoms with Crippen molar-refractivity contribution in [2.75, 3.05) is 13.1 Å². The second kappa shape index (κ2) is 4.21. The van der Waals surface area contributed by atoms with Gasteiger partial charge in [-0.25, -0.2) is 9.18 Å². The molecule has 2 rings (SSSR count). The van der Waals surface area contributed by atoms with Gasteiger partial charge < -0.3 is 5.32 Å². The van der Waals surface area contributed by atoms with Crippen LogP contribution in [-0.2, 0) is 0 Å². The van der Waals surface area contributed by atoms with Crippen molar-refractivity contribution < 1.29 is 14.0 Å². The Kier molecular flexibility index (Phi) is 2.91. The molecule has 0 radical (unpaired) electrons. The predicted octanol–water partition coefficient (Wildman–Crippen LogP) is 1.75. The van der Waals surface area contributed by atoms with Crippen LogP contribution < -0.4 is 5.32 Å². The lowest BCUT2D eigenvalue weighted by molar-refractivity contribution is 0.0829. The summed E-state index contributed by atoms with van der Waals surface area (Å²) >= 11 is 2.99. The highest BCUT2D eigenvalue weighted by Crippen LogP contribution is 2.18. The molecule has 1 aromatic carbocycles. The number of hydrogen-bond donors (Lipinski definition) is 1. The zero-order valence-electron chi connectivity index (χ0n) is 8.17. The fourth-order valence-electron chi connectivity index (χ4n) is 1.45. The van der Waals surface area contributed by atoms with Gasteiger partial charge in [-0.2, -0.15) is 0 Å². The number of carbonyl (C=O) groups is 2. The summed E-state index contributed by atoms with van der Waals surface area (Å²) in [5.74, 6) is -0.863. The van der Waals surface area contributed by atoms with E-state index in [0.29, 0.717) is 13.1 Å². The summed E-state index contributed by atoms with van der Waals surface area (Å²) < 4.78 is 13.2. The van der Waals surface area contributed by atoms with Crippen molar-refractivity contribution in [3.05, 3.63) is 34.1 Å². The summed E-state index contributed by atoms with van der Waals surface area (Å²) in [5, 5.41) is 2.53. The summed E-state index contributed by atoms with van der Waals surface area (Å²) in [6.07, 6.45) is 0. The lowest BCUT2D eigenvalue weighted by Crippen LogP contribution is -2.34. The van der Waals surface area contributed by atoms with E-state index in [1.165, 1.54) is 18.2 Å². The van der Waals surface area contributed by atoms with Gasteiger partial charge in [-0.15, -0.1) is 0 Å². The van der Waals surface area contributed by atoms with Gasteiger partial charge >= 0.3 is 6.03 Å². The maximum atomic E-state index is 13.0. The van der Waals surface area contributed by atoms with E-state index in [2.05, 4.69) is 21.2 Å². The number of nitrogens with zero attached hydrogens (tertiary/aromatic N) is 1. The minimum absolute atomic E-state index is 0.206. The number of hydrogen-bond acceptors (Lipinski definition) is 2. The molecule has 16 heavy (non-hydrogen) atoms. The molecule has 1 aliphatic rings. The molecule has 0 aliphatic carbocycles. The first-order chi connectivity index (χ1) is 7.59. The second-order valence-corrected chi connectivity index (χ2v) is 4.17. The molecule has 4 nitrogen and oxygen atoms in total. The molecule has 6 heteroatoms. The van der Waals surface area contributed by atoms with Crippen LogP contribution in [0.1, 0.15) is 10.4 Å². The molecule has 0 bridgehead atoms. The van der Waals surface area contributed by atoms with Crippen LogP contribution in [0.3, 0.4) is 0 Å². The Hall–Kier alpha value is -1.43. The van der Waals surface area contributed by atoms with E-state index in [9.17, 15) is 14.0 Å². The molecule has 0 atom stereocenters. The molecule has 1 aromatic rings. The van der Waals surface area contributed by atoms with E-state index in [1.807, 2.05) is 0 Å². The highest BCUT2D eigenvalue weighted by atomic mass is 79.9. The van der Waals surface area contributed by atoms with Crippen molar-refractivity contribution in [2.45, 2.75) is 0 Å². The zero-order chi connectivity index (χ0) is 11.7. The number of urea groups is 1. The minimum atomic E-state index is -0.442. The number of rotatable bonds is 1. The van der Waals surface area contributed by atoms with E-state index in [4.69, 9.17) is 0 Å². The average Bonchev–Trinajstić information content (AvgIpc) is 2.67. The first-order valence-corrected chi connectivity index (χ1v) is 5.43. The largest absolute Gasteiger partial charge is 0.336 e. The van der Waals surface area contributed by atoms with Crippen molar-refractivity contribution in [1.29, 1.82) is 0 Å². The monoisotopic (exact) mass is 286 g/mol. The first-order valence-electron chi connectivity index (χ1n) is 4.64. The van der Waals surface area contributed by atoms with Crippen molar-refractivity contribution in [2.24, 2.45) is 0 Å². The zero-order valence-corrected chi connectivity index (χ0v) is 9.75. The second-order valence-electron chi connectivity index (χ2n) is 3.32. The molecule has 1 N–H and O–H groups in total. The number of carbonyl (C=O) groups excluding carboxylic acids is 2. The quantitative estimate of drug-likeness (QED) is 0.855. The van der Waals surface area contributed by atoms with Crippen LogP contribution in [0, 0.1) is 5.82 Å². The SMILES string of the molecule is O=C1NCCN1C(=O)c1ccc(F)c(Br)c1. The molecule has 1 saturated heterocycles. The van der Waals surface area contributed by atoms with Crippen LogP contribution in [0.4, 0.5) is 9.18 Å². The lowest BCUT2D eigenvalue weighted by Gasteiger charge is -2.12. The van der Waals surface area contributed by atoms with Gasteiger partial charge in [-0.1, -0.05) is 0 Å². The Bertz CT molecular complexity index is 464. The maximum Gasteiger partial charge on any atom is 0.324 e. The third-order valence-electron chi connectivity index (χ3n) is 2.27. The van der Waals surface area contributed by atoms with Gasteiger partial charge in [0.05, 0.1) is 4.47 Å². The maximum absolute atomic E-state index is 13.0. The van der Waals surface area contributed by atoms with Crippen LogP contribution in [0.15, 0.2) is 22.7 Å². The van der Waals surface area contributed by atoms with E-state index in [1.54, 1.807) is 0 Å². The molecule has 0 unspecified atom stereocenters. The Morgan fingerprint density at radius 2 is 2.25 bits per heavy atom. The Morgan fingerprint density at radius 3 is 2.81 bits per heavy atom. The Morgan fingerprint density at radius 1 is 1.50 bits per heavy atom. The molecular weight excluding hydrogens is 279 g/mol. The number of benzene rings is 1. The van der Waals surface area contributed by atoms with Crippen molar-refractivity contribution in [1.82, 2.24) is 10.2 Å². The smallest absolute Gasteiger partial charge is 0.324 e. The topological polar surface area (TPSA) is 49.4 Å². The standard InChI is InChI=1S/C10H8BrFN2O2/c11-7-5-6(1-2-8(7)12)9(15)14-4-3-13-10(14)16/h1-2,5H,3-4H2,(H,13,16). The fourth-order valence-corrected chi connectivity index (χ4v) is 1.83. The van der Waals surface area contributed by atoms with Crippen LogP contribution >= 0.6 is 15.9 Å². The molecule has 84 valence electrons. The number of nitrogens with one attached hydrogen (secondary N) is 1. The molecule has 0 spiro atoms. The average molecular weight is 287 g/mol. The van der Waals surface area contributed by atoms with Crippen molar-refractivity contribution in [3.8, 4) is 0 Å². The summed E-state index contributed by atoms with van der Waals surface area (Å²) in [4.78, 5) is 24.2. The van der Waals surface area contributed by atoms with Crippen LogP contribution in [0.5, 0.6) is 0 Å². The highest BCUT2D eigenvalue weighted by Gasteiger charge is 2.27. The van der Waals surface area contributed by atoms with Crippen LogP contribution in [-0.4, -0.2) is 29.9 Å². The number of amides is 3. The minimum Gasteiger partial charge on any atom is -0.336 e. The third kappa shape index (κ3) is 1.92. The van der Waals surface area contributed by atoms with Gasteiger partial charge in [-0.05, 0) is 34.1 Å². The van der Waals surface area contributed by atoms with E-state index >= 15 is 0 Å². The summed E-state index contributed by atoms with van der Waals surface area (Å²) in [5.41, 5.74) is 0.283. The highest BCUT2D eigenvalue weighted by molar-refractivity contribution is 9.10. The van der Waals surface area contributed by atoms with Crippen LogP contribution in [0.25, 0.3) is 0 Å². The summed E-state index contributed by atoms with van der Waals surface area (Å²) in [7, 11) is 0. The summed E-state index contributed by atoms with van der Waals surface area (Å²) in [6.45, 7) is 0.791.